The van der Waals surface area contributed by atoms with Gasteiger partial charge in [0.1, 0.15) is 6.29 Å². The SMILES string of the molecule is C=C[C@H](c1ccccc1)[C@H](C=O)N(C)S(=O)(=O)c1ccc(C)cc1. The Balaban J connectivity index is 2.40. The summed E-state index contributed by atoms with van der Waals surface area (Å²) >= 11 is 0. The van der Waals surface area contributed by atoms with Crippen molar-refractivity contribution in [2.24, 2.45) is 0 Å². The number of hydrogen-bond acceptors (Lipinski definition) is 3. The van der Waals surface area contributed by atoms with Gasteiger partial charge in [-0.3, -0.25) is 0 Å². The van der Waals surface area contributed by atoms with E-state index in [4.69, 9.17) is 0 Å². The summed E-state index contributed by atoms with van der Waals surface area (Å²) in [7, 11) is -2.35. The van der Waals surface area contributed by atoms with E-state index in [-0.39, 0.29) is 4.90 Å². The van der Waals surface area contributed by atoms with Crippen LogP contribution in [-0.4, -0.2) is 32.1 Å². The smallest absolute Gasteiger partial charge is 0.243 e. The number of likely N-dealkylation sites (N-methyl/N-ethyl adjacent to an activating group) is 1. The van der Waals surface area contributed by atoms with Gasteiger partial charge in [0.25, 0.3) is 0 Å². The first-order chi connectivity index (χ1) is 11.4. The first kappa shape index (κ1) is 18.1. The molecule has 0 aliphatic rings. The first-order valence-corrected chi connectivity index (χ1v) is 9.03. The van der Waals surface area contributed by atoms with Crippen molar-refractivity contribution in [2.45, 2.75) is 23.8 Å². The quantitative estimate of drug-likeness (QED) is 0.573. The molecule has 2 atom stereocenters. The van der Waals surface area contributed by atoms with Crippen LogP contribution in [0.15, 0.2) is 72.1 Å². The van der Waals surface area contributed by atoms with E-state index in [1.54, 1.807) is 30.3 Å². The lowest BCUT2D eigenvalue weighted by molar-refractivity contribution is -0.111. The lowest BCUT2D eigenvalue weighted by Gasteiger charge is -2.28. The third-order valence-corrected chi connectivity index (χ3v) is 5.93. The monoisotopic (exact) mass is 343 g/mol. The highest BCUT2D eigenvalue weighted by molar-refractivity contribution is 7.89. The van der Waals surface area contributed by atoms with Crippen molar-refractivity contribution in [1.29, 1.82) is 0 Å². The number of carbonyl (C=O) groups is 1. The molecule has 4 nitrogen and oxygen atoms in total. The summed E-state index contributed by atoms with van der Waals surface area (Å²) in [4.78, 5) is 11.9. The van der Waals surface area contributed by atoms with Crippen molar-refractivity contribution in [1.82, 2.24) is 4.31 Å². The van der Waals surface area contributed by atoms with Crippen molar-refractivity contribution in [3.63, 3.8) is 0 Å². The predicted molar refractivity (Wildman–Crippen MR) is 95.4 cm³/mol. The van der Waals surface area contributed by atoms with Gasteiger partial charge in [-0.2, -0.15) is 4.31 Å². The van der Waals surface area contributed by atoms with E-state index in [0.29, 0.717) is 6.29 Å². The van der Waals surface area contributed by atoms with Crippen molar-refractivity contribution in [2.75, 3.05) is 7.05 Å². The summed E-state index contributed by atoms with van der Waals surface area (Å²) in [6, 6.07) is 15.0. The normalized spacial score (nSPS) is 14.1. The predicted octanol–water partition coefficient (Wildman–Crippen LogP) is 3.15. The number of hydrogen-bond donors (Lipinski definition) is 0. The number of sulfonamides is 1. The molecule has 0 radical (unpaired) electrons. The zero-order chi connectivity index (χ0) is 17.7. The Bertz CT molecular complexity index is 798. The Morgan fingerprint density at radius 1 is 1.04 bits per heavy atom. The number of carbonyl (C=O) groups excluding carboxylic acids is 1. The van der Waals surface area contributed by atoms with Crippen LogP contribution in [0.25, 0.3) is 0 Å². The van der Waals surface area contributed by atoms with Crippen LogP contribution in [0.3, 0.4) is 0 Å². The summed E-state index contributed by atoms with van der Waals surface area (Å²) in [6.07, 6.45) is 2.26. The average molecular weight is 343 g/mol. The summed E-state index contributed by atoms with van der Waals surface area (Å²) in [5.41, 5.74) is 1.81. The highest BCUT2D eigenvalue weighted by Crippen LogP contribution is 2.27. The van der Waals surface area contributed by atoms with Crippen molar-refractivity contribution < 1.29 is 13.2 Å². The molecular weight excluding hydrogens is 322 g/mol. The molecule has 0 fully saturated rings. The van der Waals surface area contributed by atoms with E-state index in [1.807, 2.05) is 37.3 Å². The van der Waals surface area contributed by atoms with E-state index in [9.17, 15) is 13.2 Å². The molecule has 0 saturated carbocycles. The molecular formula is C19H21NO3S. The molecule has 0 N–H and O–H groups in total. The molecule has 0 spiro atoms. The molecule has 0 amide bonds. The van der Waals surface area contributed by atoms with Crippen LogP contribution in [-0.2, 0) is 14.8 Å². The number of nitrogens with zero attached hydrogens (tertiary/aromatic N) is 1. The van der Waals surface area contributed by atoms with Crippen molar-refractivity contribution in [3.8, 4) is 0 Å². The maximum absolute atomic E-state index is 12.8. The molecule has 5 heteroatoms. The number of benzene rings is 2. The second-order valence-corrected chi connectivity index (χ2v) is 7.63. The van der Waals surface area contributed by atoms with Crippen LogP contribution in [0.2, 0.25) is 0 Å². The minimum atomic E-state index is -3.78. The van der Waals surface area contributed by atoms with Crippen LogP contribution >= 0.6 is 0 Å². The fourth-order valence-corrected chi connectivity index (χ4v) is 3.90. The average Bonchev–Trinajstić information content (AvgIpc) is 2.60. The number of rotatable bonds is 7. The first-order valence-electron chi connectivity index (χ1n) is 7.59. The van der Waals surface area contributed by atoms with E-state index in [1.165, 1.54) is 7.05 Å². The minimum absolute atomic E-state index is 0.165. The minimum Gasteiger partial charge on any atom is -0.302 e. The van der Waals surface area contributed by atoms with Gasteiger partial charge in [-0.05, 0) is 24.6 Å². The van der Waals surface area contributed by atoms with E-state index in [2.05, 4.69) is 6.58 Å². The van der Waals surface area contributed by atoms with Gasteiger partial charge in [-0.1, -0.05) is 54.1 Å². The Morgan fingerprint density at radius 2 is 1.62 bits per heavy atom. The molecule has 2 rings (SSSR count). The van der Waals surface area contributed by atoms with Crippen LogP contribution in [0.1, 0.15) is 17.0 Å². The third kappa shape index (κ3) is 3.63. The molecule has 0 aromatic heterocycles. The topological polar surface area (TPSA) is 54.5 Å². The lowest BCUT2D eigenvalue weighted by atomic mass is 9.92. The molecule has 2 aromatic carbocycles. The van der Waals surface area contributed by atoms with Crippen LogP contribution in [0.4, 0.5) is 0 Å². The highest BCUT2D eigenvalue weighted by Gasteiger charge is 2.32. The fraction of sp³-hybridized carbons (Fsp3) is 0.211. The van der Waals surface area contributed by atoms with Crippen molar-refractivity contribution >= 4 is 16.3 Å². The van der Waals surface area contributed by atoms with E-state index < -0.39 is 22.0 Å². The van der Waals surface area contributed by atoms with E-state index in [0.717, 1.165) is 15.4 Å². The van der Waals surface area contributed by atoms with Gasteiger partial charge < -0.3 is 4.79 Å². The van der Waals surface area contributed by atoms with Gasteiger partial charge in [-0.25, -0.2) is 8.42 Å². The van der Waals surface area contributed by atoms with Gasteiger partial charge in [-0.15, -0.1) is 6.58 Å². The molecule has 0 unspecified atom stereocenters. The van der Waals surface area contributed by atoms with Gasteiger partial charge >= 0.3 is 0 Å². The number of aldehydes is 1. The summed E-state index contributed by atoms with van der Waals surface area (Å²) in [5.74, 6) is -0.422. The third-order valence-electron chi connectivity index (χ3n) is 4.06. The maximum atomic E-state index is 12.8. The molecule has 0 aliphatic heterocycles. The van der Waals surface area contributed by atoms with Gasteiger partial charge in [0.2, 0.25) is 10.0 Å². The van der Waals surface area contributed by atoms with Gasteiger partial charge in [0.05, 0.1) is 10.9 Å². The lowest BCUT2D eigenvalue weighted by Crippen LogP contribution is -2.41. The maximum Gasteiger partial charge on any atom is 0.243 e. The molecule has 0 heterocycles. The molecule has 24 heavy (non-hydrogen) atoms. The van der Waals surface area contributed by atoms with Crippen LogP contribution in [0, 0.1) is 6.92 Å². The molecule has 0 bridgehead atoms. The summed E-state index contributed by atoms with van der Waals surface area (Å²) in [5, 5.41) is 0. The fourth-order valence-electron chi connectivity index (χ4n) is 2.58. The molecule has 0 saturated heterocycles. The zero-order valence-corrected chi connectivity index (χ0v) is 14.6. The standard InChI is InChI=1S/C19H21NO3S/c1-4-18(16-8-6-5-7-9-16)19(14-21)20(3)24(22,23)17-12-10-15(2)11-13-17/h4-14,18-19H,1H2,2-3H3/t18-,19+/m1/s1. The van der Waals surface area contributed by atoms with Gasteiger partial charge in [0, 0.05) is 13.0 Å². The van der Waals surface area contributed by atoms with Crippen molar-refractivity contribution in [3.05, 3.63) is 78.4 Å². The highest BCUT2D eigenvalue weighted by atomic mass is 32.2. The Hall–Kier alpha value is -2.24. The molecule has 2 aromatic rings. The summed E-state index contributed by atoms with van der Waals surface area (Å²) in [6.45, 7) is 5.66. The van der Waals surface area contributed by atoms with Crippen LogP contribution < -0.4 is 0 Å². The Morgan fingerprint density at radius 3 is 2.12 bits per heavy atom. The Labute approximate surface area is 143 Å². The Kier molecular flexibility index (Phi) is 5.70. The van der Waals surface area contributed by atoms with Gasteiger partial charge in [0.15, 0.2) is 0 Å². The molecule has 126 valence electrons. The second kappa shape index (κ2) is 7.55. The number of aryl methyl sites for hydroxylation is 1. The van der Waals surface area contributed by atoms with Crippen LogP contribution in [0.5, 0.6) is 0 Å². The second-order valence-electron chi connectivity index (χ2n) is 5.63. The summed E-state index contributed by atoms with van der Waals surface area (Å²) < 4.78 is 26.8. The molecule has 0 aliphatic carbocycles. The largest absolute Gasteiger partial charge is 0.302 e. The van der Waals surface area contributed by atoms with E-state index >= 15 is 0 Å². The zero-order valence-electron chi connectivity index (χ0n) is 13.8.